The van der Waals surface area contributed by atoms with E-state index in [-0.39, 0.29) is 40.8 Å². The highest BCUT2D eigenvalue weighted by Gasteiger charge is 2.39. The molecule has 1 aliphatic rings. The number of aromatic carboxylic acids is 1. The van der Waals surface area contributed by atoms with Crippen molar-refractivity contribution in [2.24, 2.45) is 5.92 Å². The molecule has 3 rings (SSSR count). The first-order chi connectivity index (χ1) is 16.0. The molecule has 182 valence electrons. The molecule has 1 aromatic heterocycles. The van der Waals surface area contributed by atoms with Crippen LogP contribution in [0, 0.1) is 12.8 Å². The normalized spacial score (nSPS) is 17.9. The number of anilines is 1. The van der Waals surface area contributed by atoms with E-state index in [2.05, 4.69) is 10.3 Å². The second-order valence-electron chi connectivity index (χ2n) is 8.84. The molecule has 9 nitrogen and oxygen atoms in total. The van der Waals surface area contributed by atoms with Gasteiger partial charge in [0.2, 0.25) is 0 Å². The van der Waals surface area contributed by atoms with Crippen LogP contribution in [0.1, 0.15) is 64.9 Å². The number of carboxylic acid groups (broad SMARTS) is 1. The van der Waals surface area contributed by atoms with E-state index in [1.54, 1.807) is 6.92 Å². The summed E-state index contributed by atoms with van der Waals surface area (Å²) >= 11 is 0. The van der Waals surface area contributed by atoms with E-state index in [1.807, 2.05) is 32.9 Å². The summed E-state index contributed by atoms with van der Waals surface area (Å²) in [6.07, 6.45) is 4.79. The van der Waals surface area contributed by atoms with Gasteiger partial charge in [-0.05, 0) is 31.4 Å². The number of nitrogens with zero attached hydrogens (tertiary/aromatic N) is 1. The number of carbonyl (C=O) groups is 2. The molecule has 0 bridgehead atoms. The van der Waals surface area contributed by atoms with Gasteiger partial charge in [-0.2, -0.15) is 0 Å². The van der Waals surface area contributed by atoms with E-state index in [9.17, 15) is 24.9 Å². The van der Waals surface area contributed by atoms with Crippen LogP contribution < -0.4 is 11.1 Å². The molecule has 1 heterocycles. The largest absolute Gasteiger partial charge is 0.508 e. The number of carboxylic acids is 1. The Kier molecular flexibility index (Phi) is 7.16. The Hall–Kier alpha value is -3.59. The minimum absolute atomic E-state index is 0.0149. The van der Waals surface area contributed by atoms with Gasteiger partial charge >= 0.3 is 5.97 Å². The number of nitrogens with one attached hydrogen (secondary N) is 1. The van der Waals surface area contributed by atoms with Gasteiger partial charge in [0.05, 0.1) is 29.7 Å². The number of pyridine rings is 1. The highest BCUT2D eigenvalue weighted by Crippen LogP contribution is 2.42. The van der Waals surface area contributed by atoms with Crippen molar-refractivity contribution in [3.05, 3.63) is 58.4 Å². The molecule has 6 N–H and O–H groups in total. The average Bonchev–Trinajstić information content (AvgIpc) is 2.74. The van der Waals surface area contributed by atoms with Gasteiger partial charge in [-0.3, -0.25) is 9.78 Å². The summed E-state index contributed by atoms with van der Waals surface area (Å²) in [4.78, 5) is 29.1. The van der Waals surface area contributed by atoms with Gasteiger partial charge in [0, 0.05) is 23.6 Å². The number of carbonyl (C=O) groups excluding carboxylic acids is 1. The van der Waals surface area contributed by atoms with Gasteiger partial charge in [-0.15, -0.1) is 0 Å². The summed E-state index contributed by atoms with van der Waals surface area (Å²) in [7, 11) is 0. The highest BCUT2D eigenvalue weighted by atomic mass is 16.5. The lowest BCUT2D eigenvalue weighted by atomic mass is 9.81. The van der Waals surface area contributed by atoms with Crippen LogP contribution >= 0.6 is 0 Å². The van der Waals surface area contributed by atoms with E-state index in [4.69, 9.17) is 10.5 Å². The van der Waals surface area contributed by atoms with Crippen molar-refractivity contribution in [1.82, 2.24) is 10.3 Å². The van der Waals surface area contributed by atoms with E-state index in [0.717, 1.165) is 6.07 Å². The van der Waals surface area contributed by atoms with Crippen LogP contribution in [0.25, 0.3) is 0 Å². The highest BCUT2D eigenvalue weighted by molar-refractivity contribution is 5.96. The molecular formula is C25H31N3O6. The monoisotopic (exact) mass is 469 g/mol. The summed E-state index contributed by atoms with van der Waals surface area (Å²) in [5.41, 5.74) is 7.15. The Morgan fingerprint density at radius 1 is 1.24 bits per heavy atom. The summed E-state index contributed by atoms with van der Waals surface area (Å²) in [6.45, 7) is 7.51. The maximum atomic E-state index is 12.8. The van der Waals surface area contributed by atoms with Crippen molar-refractivity contribution < 1.29 is 29.6 Å². The molecule has 0 saturated carbocycles. The Morgan fingerprint density at radius 2 is 1.88 bits per heavy atom. The third kappa shape index (κ3) is 4.84. The first-order valence-electron chi connectivity index (χ1n) is 11.2. The summed E-state index contributed by atoms with van der Waals surface area (Å²) in [5, 5.41) is 31.9. The third-order valence-corrected chi connectivity index (χ3v) is 6.16. The molecule has 2 aromatic rings. The second-order valence-corrected chi connectivity index (χ2v) is 8.84. The Morgan fingerprint density at radius 3 is 2.44 bits per heavy atom. The van der Waals surface area contributed by atoms with Gasteiger partial charge in [-0.1, -0.05) is 32.9 Å². The van der Waals surface area contributed by atoms with E-state index in [0.29, 0.717) is 29.8 Å². The standard InChI is InChI=1S/C25H31N3O6/c1-5-25(8-6-7-18-21(25)22(26)20(24(32)33)14(4)27-18)34-12-19(13(2)3)28-23(31)15-9-16(29)11-17(30)10-15/h6,8-11,13,19,29-30H,5,7,12H2,1-4H3,(H2,26,27)(H,28,31)(H,32,33). The molecule has 0 aliphatic heterocycles. The number of aromatic hydroxyl groups is 2. The fourth-order valence-corrected chi connectivity index (χ4v) is 4.26. The number of rotatable bonds is 8. The number of hydrogen-bond acceptors (Lipinski definition) is 7. The van der Waals surface area contributed by atoms with Gasteiger partial charge in [0.25, 0.3) is 5.91 Å². The average molecular weight is 470 g/mol. The van der Waals surface area contributed by atoms with Crippen molar-refractivity contribution in [2.75, 3.05) is 12.3 Å². The second kappa shape index (κ2) is 9.72. The Balaban J connectivity index is 1.90. The van der Waals surface area contributed by atoms with Crippen LogP contribution in [0.15, 0.2) is 30.4 Å². The van der Waals surface area contributed by atoms with E-state index >= 15 is 0 Å². The number of hydrogen-bond donors (Lipinski definition) is 5. The Labute approximate surface area is 198 Å². The van der Waals surface area contributed by atoms with Crippen LogP contribution in [0.2, 0.25) is 0 Å². The molecule has 0 saturated heterocycles. The number of ether oxygens (including phenoxy) is 1. The van der Waals surface area contributed by atoms with E-state index < -0.39 is 23.5 Å². The number of fused-ring (bicyclic) bond motifs is 1. The quantitative estimate of drug-likeness (QED) is 0.369. The molecule has 0 fully saturated rings. The minimum atomic E-state index is -1.15. The number of aryl methyl sites for hydroxylation is 1. The zero-order valence-electron chi connectivity index (χ0n) is 19.8. The summed E-state index contributed by atoms with van der Waals surface area (Å²) in [6, 6.07) is 3.26. The molecule has 1 aromatic carbocycles. The number of phenols is 2. The molecule has 1 aliphatic carbocycles. The molecule has 0 radical (unpaired) electrons. The molecule has 0 spiro atoms. The molecule has 2 unspecified atom stereocenters. The molecule has 34 heavy (non-hydrogen) atoms. The van der Waals surface area contributed by atoms with Crippen LogP contribution in [0.4, 0.5) is 5.69 Å². The number of nitrogens with two attached hydrogens (primary N) is 1. The first-order valence-corrected chi connectivity index (χ1v) is 11.2. The number of nitrogen functional groups attached to an aromatic ring is 1. The number of aromatic nitrogens is 1. The maximum Gasteiger partial charge on any atom is 0.339 e. The van der Waals surface area contributed by atoms with Gasteiger partial charge in [0.15, 0.2) is 0 Å². The van der Waals surface area contributed by atoms with E-state index in [1.165, 1.54) is 12.1 Å². The SMILES string of the molecule is CCC1(OCC(NC(=O)c2cc(O)cc(O)c2)C(C)C)C=CCc2nc(C)c(C(=O)O)c(N)c21. The van der Waals surface area contributed by atoms with Gasteiger partial charge in [0.1, 0.15) is 22.7 Å². The smallest absolute Gasteiger partial charge is 0.339 e. The van der Waals surface area contributed by atoms with Crippen LogP contribution in [-0.2, 0) is 16.8 Å². The van der Waals surface area contributed by atoms with Gasteiger partial charge < -0.3 is 31.1 Å². The Bertz CT molecular complexity index is 1120. The number of benzene rings is 1. The molecular weight excluding hydrogens is 438 g/mol. The number of allylic oxidation sites excluding steroid dienone is 1. The van der Waals surface area contributed by atoms with Gasteiger partial charge in [-0.25, -0.2) is 4.79 Å². The van der Waals surface area contributed by atoms with Crippen LogP contribution in [0.3, 0.4) is 0 Å². The number of phenolic OH excluding ortho intramolecular Hbond substituents is 2. The zero-order chi connectivity index (χ0) is 25.2. The van der Waals surface area contributed by atoms with Crippen molar-refractivity contribution >= 4 is 17.6 Å². The number of amides is 1. The van der Waals surface area contributed by atoms with Crippen molar-refractivity contribution in [1.29, 1.82) is 0 Å². The lowest BCUT2D eigenvalue weighted by Gasteiger charge is -2.37. The van der Waals surface area contributed by atoms with Crippen LogP contribution in [-0.4, -0.2) is 44.8 Å². The zero-order valence-corrected chi connectivity index (χ0v) is 19.8. The van der Waals surface area contributed by atoms with Crippen molar-refractivity contribution in [3.63, 3.8) is 0 Å². The minimum Gasteiger partial charge on any atom is -0.508 e. The first kappa shape index (κ1) is 25.0. The lowest BCUT2D eigenvalue weighted by Crippen LogP contribution is -2.44. The predicted molar refractivity (Wildman–Crippen MR) is 127 cm³/mol. The molecule has 2 atom stereocenters. The maximum absolute atomic E-state index is 12.8. The van der Waals surface area contributed by atoms with Crippen LogP contribution in [0.5, 0.6) is 11.5 Å². The fourth-order valence-electron chi connectivity index (χ4n) is 4.26. The topological polar surface area (TPSA) is 155 Å². The third-order valence-electron chi connectivity index (χ3n) is 6.16. The summed E-state index contributed by atoms with van der Waals surface area (Å²) < 4.78 is 6.40. The lowest BCUT2D eigenvalue weighted by molar-refractivity contribution is -0.0323. The van der Waals surface area contributed by atoms with Crippen molar-refractivity contribution in [3.8, 4) is 11.5 Å². The molecule has 9 heteroatoms. The predicted octanol–water partition coefficient (Wildman–Crippen LogP) is 3.27. The van der Waals surface area contributed by atoms with Crippen molar-refractivity contribution in [2.45, 2.75) is 52.2 Å². The fraction of sp³-hybridized carbons (Fsp3) is 0.400. The summed E-state index contributed by atoms with van der Waals surface area (Å²) in [5.74, 6) is -2.07. The molecule has 1 amide bonds.